The van der Waals surface area contributed by atoms with Crippen LogP contribution >= 0.6 is 0 Å². The third kappa shape index (κ3) is 3.37. The lowest BCUT2D eigenvalue weighted by Gasteiger charge is -2.49. The van der Waals surface area contributed by atoms with Crippen molar-refractivity contribution in [3.05, 3.63) is 0 Å². The lowest BCUT2D eigenvalue weighted by atomic mass is 9.62. The van der Waals surface area contributed by atoms with Crippen LogP contribution in [-0.4, -0.2) is 48.8 Å². The van der Waals surface area contributed by atoms with Gasteiger partial charge in [0.25, 0.3) is 0 Å². The highest BCUT2D eigenvalue weighted by Gasteiger charge is 2.53. The Balaban J connectivity index is 2.17. The molecule has 1 aliphatic heterocycles. The van der Waals surface area contributed by atoms with Crippen LogP contribution in [0.25, 0.3) is 0 Å². The molecule has 0 spiro atoms. The molecule has 0 aromatic rings. The highest BCUT2D eigenvalue weighted by Crippen LogP contribution is 2.47. The third-order valence-electron chi connectivity index (χ3n) is 4.79. The SMILES string of the molecule is COC(=O)[C@]12CCC(N)C[C@@H]1CCN(C(=O)OC(C)(C)C)C2. The first-order chi connectivity index (χ1) is 10.2. The second kappa shape index (κ2) is 6.07. The van der Waals surface area contributed by atoms with E-state index in [4.69, 9.17) is 15.2 Å². The van der Waals surface area contributed by atoms with Crippen molar-refractivity contribution in [2.75, 3.05) is 20.2 Å². The van der Waals surface area contributed by atoms with Crippen molar-refractivity contribution in [3.63, 3.8) is 0 Å². The summed E-state index contributed by atoms with van der Waals surface area (Å²) in [5, 5.41) is 0. The summed E-state index contributed by atoms with van der Waals surface area (Å²) in [6.45, 7) is 6.49. The van der Waals surface area contributed by atoms with E-state index in [1.165, 1.54) is 7.11 Å². The van der Waals surface area contributed by atoms with Crippen LogP contribution in [-0.2, 0) is 14.3 Å². The van der Waals surface area contributed by atoms with Crippen LogP contribution in [0, 0.1) is 11.3 Å². The van der Waals surface area contributed by atoms with Crippen LogP contribution in [0.5, 0.6) is 0 Å². The quantitative estimate of drug-likeness (QED) is 0.748. The summed E-state index contributed by atoms with van der Waals surface area (Å²) < 4.78 is 10.5. The van der Waals surface area contributed by atoms with Gasteiger partial charge in [-0.25, -0.2) is 4.79 Å². The van der Waals surface area contributed by atoms with Gasteiger partial charge in [0.15, 0.2) is 0 Å². The number of amides is 1. The van der Waals surface area contributed by atoms with E-state index in [0.29, 0.717) is 19.5 Å². The van der Waals surface area contributed by atoms with Crippen LogP contribution in [0.4, 0.5) is 4.79 Å². The second-order valence-electron chi connectivity index (χ2n) is 7.57. The fourth-order valence-corrected chi connectivity index (χ4v) is 3.71. The van der Waals surface area contributed by atoms with Gasteiger partial charge >= 0.3 is 12.1 Å². The smallest absolute Gasteiger partial charge is 0.410 e. The van der Waals surface area contributed by atoms with E-state index in [2.05, 4.69) is 0 Å². The lowest BCUT2D eigenvalue weighted by Crippen LogP contribution is -2.58. The van der Waals surface area contributed by atoms with E-state index in [-0.39, 0.29) is 24.0 Å². The molecule has 2 aliphatic rings. The molecule has 0 radical (unpaired) electrons. The minimum absolute atomic E-state index is 0.135. The Morgan fingerprint density at radius 3 is 2.55 bits per heavy atom. The average molecular weight is 312 g/mol. The van der Waals surface area contributed by atoms with E-state index >= 15 is 0 Å². The highest BCUT2D eigenvalue weighted by atomic mass is 16.6. The van der Waals surface area contributed by atoms with Gasteiger partial charge < -0.3 is 20.1 Å². The van der Waals surface area contributed by atoms with Crippen molar-refractivity contribution < 1.29 is 19.1 Å². The van der Waals surface area contributed by atoms with Crippen LogP contribution < -0.4 is 5.73 Å². The molecule has 2 fully saturated rings. The predicted octanol–water partition coefficient (Wildman–Crippen LogP) is 1.91. The van der Waals surface area contributed by atoms with E-state index in [1.807, 2.05) is 20.8 Å². The number of nitrogens with zero attached hydrogens (tertiary/aromatic N) is 1. The number of methoxy groups -OCH3 is 1. The maximum atomic E-state index is 12.4. The van der Waals surface area contributed by atoms with Gasteiger partial charge in [-0.1, -0.05) is 0 Å². The van der Waals surface area contributed by atoms with Gasteiger partial charge in [0.1, 0.15) is 5.60 Å². The van der Waals surface area contributed by atoms with Crippen LogP contribution in [0.1, 0.15) is 46.5 Å². The zero-order valence-electron chi connectivity index (χ0n) is 14.1. The molecule has 1 heterocycles. The zero-order chi connectivity index (χ0) is 16.5. The Kier molecular flexibility index (Phi) is 4.70. The first kappa shape index (κ1) is 17.1. The normalized spacial score (nSPS) is 32.1. The Labute approximate surface area is 132 Å². The van der Waals surface area contributed by atoms with Gasteiger partial charge in [0.2, 0.25) is 0 Å². The van der Waals surface area contributed by atoms with Gasteiger partial charge in [-0.05, 0) is 52.4 Å². The summed E-state index contributed by atoms with van der Waals surface area (Å²) in [6, 6.07) is 0.135. The van der Waals surface area contributed by atoms with E-state index in [9.17, 15) is 9.59 Å². The first-order valence-corrected chi connectivity index (χ1v) is 8.00. The lowest BCUT2D eigenvalue weighted by molar-refractivity contribution is -0.164. The van der Waals surface area contributed by atoms with E-state index < -0.39 is 11.0 Å². The summed E-state index contributed by atoms with van der Waals surface area (Å²) in [5.41, 5.74) is 4.90. The summed E-state index contributed by atoms with van der Waals surface area (Å²) >= 11 is 0. The fourth-order valence-electron chi connectivity index (χ4n) is 3.71. The molecule has 6 nitrogen and oxygen atoms in total. The second-order valence-corrected chi connectivity index (χ2v) is 7.57. The van der Waals surface area contributed by atoms with Crippen molar-refractivity contribution in [3.8, 4) is 0 Å². The standard InChI is InChI=1S/C16H28N2O4/c1-15(2,3)22-14(20)18-8-6-11-9-12(17)5-7-16(11,10-18)13(19)21-4/h11-12H,5-10,17H2,1-4H3/t11-,12?,16-/m0/s1. The van der Waals surface area contributed by atoms with Gasteiger partial charge in [0.05, 0.1) is 12.5 Å². The number of hydrogen-bond donors (Lipinski definition) is 1. The number of fused-ring (bicyclic) bond motifs is 1. The monoisotopic (exact) mass is 312 g/mol. The maximum Gasteiger partial charge on any atom is 0.410 e. The molecule has 1 aliphatic carbocycles. The number of piperidine rings is 1. The number of likely N-dealkylation sites (tertiary alicyclic amines) is 1. The number of ether oxygens (including phenoxy) is 2. The molecule has 0 bridgehead atoms. The van der Waals surface area contributed by atoms with Crippen LogP contribution in [0.2, 0.25) is 0 Å². The molecule has 0 aromatic carbocycles. The topological polar surface area (TPSA) is 81.9 Å². The summed E-state index contributed by atoms with van der Waals surface area (Å²) in [6.07, 6.45) is 2.68. The van der Waals surface area contributed by atoms with Crippen LogP contribution in [0.15, 0.2) is 0 Å². The summed E-state index contributed by atoms with van der Waals surface area (Å²) in [7, 11) is 1.41. The van der Waals surface area contributed by atoms with Gasteiger partial charge in [-0.2, -0.15) is 0 Å². The largest absolute Gasteiger partial charge is 0.469 e. The molecule has 6 heteroatoms. The molecule has 126 valence electrons. The number of rotatable bonds is 1. The minimum atomic E-state index is -0.625. The molecule has 0 aromatic heterocycles. The Morgan fingerprint density at radius 2 is 1.95 bits per heavy atom. The predicted molar refractivity (Wildman–Crippen MR) is 82.2 cm³/mol. The molecule has 22 heavy (non-hydrogen) atoms. The van der Waals surface area contributed by atoms with Crippen molar-refractivity contribution in [2.24, 2.45) is 17.1 Å². The molecule has 1 unspecified atom stereocenters. The van der Waals surface area contributed by atoms with Crippen molar-refractivity contribution in [1.29, 1.82) is 0 Å². The van der Waals surface area contributed by atoms with Gasteiger partial charge in [0, 0.05) is 19.1 Å². The van der Waals surface area contributed by atoms with Crippen LogP contribution in [0.3, 0.4) is 0 Å². The van der Waals surface area contributed by atoms with E-state index in [0.717, 1.165) is 19.3 Å². The molecular formula is C16H28N2O4. The molecule has 1 saturated carbocycles. The number of carbonyl (C=O) groups is 2. The Morgan fingerprint density at radius 1 is 1.27 bits per heavy atom. The highest BCUT2D eigenvalue weighted by molar-refractivity contribution is 5.79. The number of carbonyl (C=O) groups excluding carboxylic acids is 2. The minimum Gasteiger partial charge on any atom is -0.469 e. The average Bonchev–Trinajstić information content (AvgIpc) is 2.44. The molecule has 1 amide bonds. The van der Waals surface area contributed by atoms with Crippen molar-refractivity contribution in [1.82, 2.24) is 4.90 Å². The zero-order valence-corrected chi connectivity index (χ0v) is 14.1. The molecule has 2 rings (SSSR count). The molecule has 1 saturated heterocycles. The summed E-state index contributed by atoms with van der Waals surface area (Å²) in [4.78, 5) is 26.4. The number of esters is 1. The van der Waals surface area contributed by atoms with Crippen molar-refractivity contribution in [2.45, 2.75) is 58.1 Å². The van der Waals surface area contributed by atoms with Gasteiger partial charge in [-0.3, -0.25) is 4.79 Å². The Bertz CT molecular complexity index is 446. The fraction of sp³-hybridized carbons (Fsp3) is 0.875. The number of nitrogens with two attached hydrogens (primary N) is 1. The Hall–Kier alpha value is -1.30. The van der Waals surface area contributed by atoms with E-state index in [1.54, 1.807) is 4.90 Å². The molecule has 3 atom stereocenters. The third-order valence-corrected chi connectivity index (χ3v) is 4.79. The maximum absolute atomic E-state index is 12.4. The van der Waals surface area contributed by atoms with Gasteiger partial charge in [-0.15, -0.1) is 0 Å². The molecule has 2 N–H and O–H groups in total. The summed E-state index contributed by atoms with van der Waals surface area (Å²) in [5.74, 6) is -0.0416. The van der Waals surface area contributed by atoms with Crippen molar-refractivity contribution >= 4 is 12.1 Å². The first-order valence-electron chi connectivity index (χ1n) is 8.00. The molecular weight excluding hydrogens is 284 g/mol. The number of hydrogen-bond acceptors (Lipinski definition) is 5.